The van der Waals surface area contributed by atoms with Gasteiger partial charge < -0.3 is 9.47 Å². The highest BCUT2D eigenvalue weighted by Gasteiger charge is 2.19. The van der Waals surface area contributed by atoms with E-state index < -0.39 is 0 Å². The summed E-state index contributed by atoms with van der Waals surface area (Å²) in [6.07, 6.45) is 0. The summed E-state index contributed by atoms with van der Waals surface area (Å²) in [5.74, 6) is 0. The van der Waals surface area contributed by atoms with Gasteiger partial charge in [0.25, 0.3) is 0 Å². The fourth-order valence-electron chi connectivity index (χ4n) is 8.03. The molecule has 0 unspecified atom stereocenters. The molecule has 10 rings (SSSR count). The summed E-state index contributed by atoms with van der Waals surface area (Å²) in [6, 6.07) is 74.6. The first-order valence-corrected chi connectivity index (χ1v) is 17.9. The Morgan fingerprint density at radius 2 is 0.923 bits per heavy atom. The van der Waals surface area contributed by atoms with E-state index in [2.05, 4.69) is 216 Å². The zero-order valence-corrected chi connectivity index (χ0v) is 28.5. The molecule has 0 aliphatic carbocycles. The van der Waals surface area contributed by atoms with Crippen molar-refractivity contribution in [1.29, 1.82) is 0 Å². The molecule has 0 aliphatic rings. The molecule has 0 saturated carbocycles. The van der Waals surface area contributed by atoms with Crippen LogP contribution in [0.4, 0.5) is 17.1 Å². The Bertz CT molecular complexity index is 2900. The van der Waals surface area contributed by atoms with Crippen LogP contribution in [0, 0.1) is 0 Å². The topological polar surface area (TPSA) is 8.17 Å². The Balaban J connectivity index is 1.13. The van der Waals surface area contributed by atoms with Gasteiger partial charge in [0.15, 0.2) is 0 Å². The van der Waals surface area contributed by atoms with Gasteiger partial charge in [-0.2, -0.15) is 0 Å². The molecule has 0 atom stereocenters. The largest absolute Gasteiger partial charge is 0.310 e. The average Bonchev–Trinajstić information content (AvgIpc) is 3.57. The smallest absolute Gasteiger partial charge is 0.0547 e. The van der Waals surface area contributed by atoms with Crippen molar-refractivity contribution >= 4 is 60.4 Å². The molecule has 10 aromatic rings. The van der Waals surface area contributed by atoms with Crippen LogP contribution in [0.15, 0.2) is 206 Å². The van der Waals surface area contributed by atoms with E-state index in [1.807, 2.05) is 0 Å². The van der Waals surface area contributed by atoms with Gasteiger partial charge in [0.1, 0.15) is 0 Å². The van der Waals surface area contributed by atoms with Gasteiger partial charge >= 0.3 is 0 Å². The first-order chi connectivity index (χ1) is 25.8. The molecule has 1 aromatic heterocycles. The second-order valence-electron chi connectivity index (χ2n) is 13.4. The number of hydrogen-bond acceptors (Lipinski definition) is 1. The normalized spacial score (nSPS) is 11.5. The van der Waals surface area contributed by atoms with Gasteiger partial charge in [-0.25, -0.2) is 0 Å². The lowest BCUT2D eigenvalue weighted by Crippen LogP contribution is -2.10. The molecular formula is C50H34N2. The summed E-state index contributed by atoms with van der Waals surface area (Å²) in [6.45, 7) is 0. The van der Waals surface area contributed by atoms with Crippen LogP contribution in [0.5, 0.6) is 0 Å². The van der Waals surface area contributed by atoms with Crippen LogP contribution in [0.1, 0.15) is 0 Å². The lowest BCUT2D eigenvalue weighted by molar-refractivity contribution is 1.18. The average molecular weight is 663 g/mol. The molecule has 0 bridgehead atoms. The van der Waals surface area contributed by atoms with E-state index >= 15 is 0 Å². The molecule has 1 heterocycles. The van der Waals surface area contributed by atoms with Crippen LogP contribution < -0.4 is 4.90 Å². The van der Waals surface area contributed by atoms with Crippen LogP contribution in [0.2, 0.25) is 0 Å². The molecule has 2 heteroatoms. The fraction of sp³-hybridized carbons (Fsp3) is 0. The number of anilines is 3. The van der Waals surface area contributed by atoms with E-state index in [1.54, 1.807) is 0 Å². The summed E-state index contributed by atoms with van der Waals surface area (Å²) in [5.41, 5.74) is 11.8. The summed E-state index contributed by atoms with van der Waals surface area (Å²) in [4.78, 5) is 2.40. The summed E-state index contributed by atoms with van der Waals surface area (Å²) < 4.78 is 2.39. The zero-order valence-electron chi connectivity index (χ0n) is 28.5. The molecule has 0 fully saturated rings. The lowest BCUT2D eigenvalue weighted by Gasteiger charge is -2.28. The van der Waals surface area contributed by atoms with Gasteiger partial charge in [-0.15, -0.1) is 0 Å². The number of fused-ring (bicyclic) bond motifs is 6. The maximum Gasteiger partial charge on any atom is 0.0547 e. The van der Waals surface area contributed by atoms with Gasteiger partial charge in [-0.1, -0.05) is 146 Å². The summed E-state index contributed by atoms with van der Waals surface area (Å²) in [7, 11) is 0. The quantitative estimate of drug-likeness (QED) is 0.161. The van der Waals surface area contributed by atoms with Gasteiger partial charge in [0.2, 0.25) is 0 Å². The molecular weight excluding hydrogens is 629 g/mol. The Morgan fingerprint density at radius 1 is 0.346 bits per heavy atom. The first-order valence-electron chi connectivity index (χ1n) is 17.9. The van der Waals surface area contributed by atoms with Gasteiger partial charge in [0.05, 0.1) is 16.7 Å². The van der Waals surface area contributed by atoms with Crippen LogP contribution in [0.25, 0.3) is 71.3 Å². The maximum absolute atomic E-state index is 2.40. The summed E-state index contributed by atoms with van der Waals surface area (Å²) >= 11 is 0. The van der Waals surface area contributed by atoms with E-state index in [9.17, 15) is 0 Å². The lowest BCUT2D eigenvalue weighted by atomic mass is 9.95. The van der Waals surface area contributed by atoms with Crippen molar-refractivity contribution in [2.45, 2.75) is 0 Å². The predicted molar refractivity (Wildman–Crippen MR) is 221 cm³/mol. The standard InChI is InChI=1S/C50H34N2/c1-3-20-39(21-4-1)51(49-34-38-16-7-8-25-42(38)44-26-9-10-27-45(44)49)41-24-14-18-36(33-41)35-17-13-19-37(32-35)43-29-15-31-48-50(43)46-28-11-12-30-47(46)52(48)40-22-5-2-6-23-40/h1-34H. The Labute approximate surface area is 303 Å². The maximum atomic E-state index is 2.40. The number of nitrogens with zero attached hydrogens (tertiary/aromatic N) is 2. The molecule has 2 nitrogen and oxygen atoms in total. The predicted octanol–water partition coefficient (Wildman–Crippen LogP) is 13.9. The zero-order chi connectivity index (χ0) is 34.4. The highest BCUT2D eigenvalue weighted by Crippen LogP contribution is 2.44. The molecule has 52 heavy (non-hydrogen) atoms. The van der Waals surface area contributed by atoms with Crippen molar-refractivity contribution < 1.29 is 0 Å². The minimum Gasteiger partial charge on any atom is -0.310 e. The third-order valence-corrected chi connectivity index (χ3v) is 10.3. The van der Waals surface area contributed by atoms with Crippen molar-refractivity contribution in [3.05, 3.63) is 206 Å². The van der Waals surface area contributed by atoms with E-state index in [0.29, 0.717) is 0 Å². The van der Waals surface area contributed by atoms with Crippen molar-refractivity contribution in [1.82, 2.24) is 4.57 Å². The van der Waals surface area contributed by atoms with E-state index in [1.165, 1.54) is 71.3 Å². The molecule has 0 amide bonds. The minimum absolute atomic E-state index is 1.11. The monoisotopic (exact) mass is 662 g/mol. The van der Waals surface area contributed by atoms with Gasteiger partial charge in [-0.3, -0.25) is 0 Å². The highest BCUT2D eigenvalue weighted by molar-refractivity contribution is 6.16. The van der Waals surface area contributed by atoms with Crippen LogP contribution in [-0.4, -0.2) is 4.57 Å². The van der Waals surface area contributed by atoms with Crippen LogP contribution >= 0.6 is 0 Å². The SMILES string of the molecule is c1ccc(N(c2cccc(-c3cccc(-c4cccc5c4c4ccccc4n5-c4ccccc4)c3)c2)c2cc3ccccc3c3ccccc23)cc1. The molecule has 0 spiro atoms. The Kier molecular flexibility index (Phi) is 7.18. The third kappa shape index (κ3) is 4.96. The third-order valence-electron chi connectivity index (χ3n) is 10.3. The Morgan fingerprint density at radius 3 is 1.75 bits per heavy atom. The molecule has 0 aliphatic heterocycles. The van der Waals surface area contributed by atoms with Crippen LogP contribution in [0.3, 0.4) is 0 Å². The number of hydrogen-bond donors (Lipinski definition) is 0. The molecule has 0 radical (unpaired) electrons. The molecule has 0 N–H and O–H groups in total. The molecule has 9 aromatic carbocycles. The van der Waals surface area contributed by atoms with Crippen molar-refractivity contribution in [2.75, 3.05) is 4.90 Å². The molecule has 0 saturated heterocycles. The van der Waals surface area contributed by atoms with E-state index in [-0.39, 0.29) is 0 Å². The van der Waals surface area contributed by atoms with Crippen molar-refractivity contribution in [2.24, 2.45) is 0 Å². The van der Waals surface area contributed by atoms with E-state index in [4.69, 9.17) is 0 Å². The number of para-hydroxylation sites is 3. The number of benzene rings is 9. The number of rotatable bonds is 6. The number of aromatic nitrogens is 1. The minimum atomic E-state index is 1.11. The van der Waals surface area contributed by atoms with Crippen molar-refractivity contribution in [3.8, 4) is 27.9 Å². The highest BCUT2D eigenvalue weighted by atomic mass is 15.1. The van der Waals surface area contributed by atoms with Crippen LogP contribution in [-0.2, 0) is 0 Å². The van der Waals surface area contributed by atoms with Gasteiger partial charge in [-0.05, 0) is 99.1 Å². The van der Waals surface area contributed by atoms with Crippen molar-refractivity contribution in [3.63, 3.8) is 0 Å². The van der Waals surface area contributed by atoms with Gasteiger partial charge in [0, 0.05) is 33.2 Å². The van der Waals surface area contributed by atoms with E-state index in [0.717, 1.165) is 17.1 Å². The molecule has 244 valence electrons. The first kappa shape index (κ1) is 30.0. The Hall–Kier alpha value is -6.90. The second kappa shape index (κ2) is 12.5. The summed E-state index contributed by atoms with van der Waals surface area (Å²) in [5, 5.41) is 7.49. The second-order valence-corrected chi connectivity index (χ2v) is 13.4. The fourth-order valence-corrected chi connectivity index (χ4v) is 8.03.